The Bertz CT molecular complexity index is 484. The third-order valence-corrected chi connectivity index (χ3v) is 3.34. The van der Waals surface area contributed by atoms with Crippen molar-refractivity contribution in [2.75, 3.05) is 13.1 Å². The molecule has 1 aromatic carbocycles. The van der Waals surface area contributed by atoms with E-state index in [9.17, 15) is 14.0 Å². The van der Waals surface area contributed by atoms with E-state index in [1.54, 1.807) is 6.07 Å². The maximum absolute atomic E-state index is 13.7. The van der Waals surface area contributed by atoms with E-state index in [0.29, 0.717) is 12.8 Å². The zero-order valence-electron chi connectivity index (χ0n) is 10.9. The van der Waals surface area contributed by atoms with E-state index in [2.05, 4.69) is 5.32 Å². The number of carbonyl (C=O) groups is 2. The number of nitrogens with one attached hydrogen (secondary N) is 1. The van der Waals surface area contributed by atoms with E-state index in [-0.39, 0.29) is 17.5 Å². The molecule has 0 bridgehead atoms. The van der Waals surface area contributed by atoms with E-state index < -0.39 is 11.7 Å². The summed E-state index contributed by atoms with van der Waals surface area (Å²) in [5.74, 6) is -1.47. The van der Waals surface area contributed by atoms with Crippen LogP contribution in [-0.4, -0.2) is 35.8 Å². The number of piperidine rings is 1. The van der Waals surface area contributed by atoms with Gasteiger partial charge in [-0.1, -0.05) is 12.1 Å². The highest BCUT2D eigenvalue weighted by atomic mass is 19.1. The normalized spacial score (nSPS) is 16.1. The molecule has 0 spiro atoms. The van der Waals surface area contributed by atoms with Gasteiger partial charge in [0.25, 0.3) is 5.91 Å². The molecular weight excluding hydrogens is 247 g/mol. The lowest BCUT2D eigenvalue weighted by molar-refractivity contribution is -0.128. The number of halogens is 1. The molecule has 1 fully saturated rings. The quantitative estimate of drug-likeness (QED) is 0.882. The van der Waals surface area contributed by atoms with Crippen molar-refractivity contribution in [3.8, 4) is 0 Å². The molecule has 0 saturated carbocycles. The second kappa shape index (κ2) is 5.93. The minimum absolute atomic E-state index is 0.0452. The molecular formula is C14H17FN2O2. The number of hydrogen-bond donors (Lipinski definition) is 1. The van der Waals surface area contributed by atoms with Crippen LogP contribution in [0.2, 0.25) is 0 Å². The Morgan fingerprint density at radius 2 is 1.89 bits per heavy atom. The second-order valence-corrected chi connectivity index (χ2v) is 4.66. The minimum atomic E-state index is -0.590. The van der Waals surface area contributed by atoms with Crippen LogP contribution in [0.15, 0.2) is 24.3 Å². The first-order chi connectivity index (χ1) is 9.11. The number of carbonyl (C=O) groups excluding carboxylic acids is 2. The molecule has 1 aliphatic rings. The zero-order valence-corrected chi connectivity index (χ0v) is 10.9. The first kappa shape index (κ1) is 13.7. The minimum Gasteiger partial charge on any atom is -0.317 e. The molecule has 19 heavy (non-hydrogen) atoms. The van der Waals surface area contributed by atoms with Crippen LogP contribution in [0.25, 0.3) is 0 Å². The van der Waals surface area contributed by atoms with E-state index in [0.717, 1.165) is 13.1 Å². The summed E-state index contributed by atoms with van der Waals surface area (Å²) in [6, 6.07) is 5.61. The summed E-state index contributed by atoms with van der Waals surface area (Å²) in [4.78, 5) is 25.3. The topological polar surface area (TPSA) is 49.4 Å². The fraction of sp³-hybridized carbons (Fsp3) is 0.429. The fourth-order valence-corrected chi connectivity index (χ4v) is 2.40. The van der Waals surface area contributed by atoms with Crippen molar-refractivity contribution >= 4 is 11.8 Å². The smallest absolute Gasteiger partial charge is 0.263 e. The third kappa shape index (κ3) is 2.98. The Labute approximate surface area is 111 Å². The van der Waals surface area contributed by atoms with Crippen LogP contribution in [-0.2, 0) is 4.79 Å². The maximum atomic E-state index is 13.7. The number of hydrogen-bond acceptors (Lipinski definition) is 3. The van der Waals surface area contributed by atoms with Gasteiger partial charge in [-0.15, -0.1) is 0 Å². The lowest BCUT2D eigenvalue weighted by Crippen LogP contribution is -2.48. The molecule has 0 radical (unpaired) electrons. The Kier molecular flexibility index (Phi) is 4.27. The van der Waals surface area contributed by atoms with Gasteiger partial charge in [-0.2, -0.15) is 0 Å². The van der Waals surface area contributed by atoms with Gasteiger partial charge < -0.3 is 5.32 Å². The van der Waals surface area contributed by atoms with Crippen molar-refractivity contribution in [3.63, 3.8) is 0 Å². The molecule has 5 heteroatoms. The fourth-order valence-electron chi connectivity index (χ4n) is 2.40. The Hall–Kier alpha value is -1.75. The molecule has 2 amide bonds. The summed E-state index contributed by atoms with van der Waals surface area (Å²) in [6.45, 7) is 2.87. The Morgan fingerprint density at radius 1 is 1.26 bits per heavy atom. The van der Waals surface area contributed by atoms with E-state index in [1.165, 1.54) is 30.0 Å². The predicted molar refractivity (Wildman–Crippen MR) is 69.1 cm³/mol. The van der Waals surface area contributed by atoms with Gasteiger partial charge in [-0.25, -0.2) is 4.39 Å². The van der Waals surface area contributed by atoms with Gasteiger partial charge in [0.15, 0.2) is 0 Å². The van der Waals surface area contributed by atoms with Gasteiger partial charge in [0, 0.05) is 13.0 Å². The van der Waals surface area contributed by atoms with Gasteiger partial charge in [0.05, 0.1) is 5.56 Å². The van der Waals surface area contributed by atoms with E-state index >= 15 is 0 Å². The first-order valence-electron chi connectivity index (χ1n) is 6.40. The highest BCUT2D eigenvalue weighted by Crippen LogP contribution is 2.17. The molecule has 1 saturated heterocycles. The third-order valence-electron chi connectivity index (χ3n) is 3.34. The molecule has 4 nitrogen and oxygen atoms in total. The summed E-state index contributed by atoms with van der Waals surface area (Å²) >= 11 is 0. The molecule has 0 atom stereocenters. The van der Waals surface area contributed by atoms with Crippen LogP contribution < -0.4 is 5.32 Å². The van der Waals surface area contributed by atoms with Gasteiger partial charge in [-0.3, -0.25) is 14.5 Å². The average molecular weight is 264 g/mol. The van der Waals surface area contributed by atoms with Gasteiger partial charge in [0.2, 0.25) is 5.91 Å². The SMILES string of the molecule is CC(=O)N(C(=O)c1ccccc1F)C1CCNCC1. The highest BCUT2D eigenvalue weighted by molar-refractivity contribution is 6.04. The number of benzene rings is 1. The molecule has 1 N–H and O–H groups in total. The largest absolute Gasteiger partial charge is 0.317 e. The molecule has 102 valence electrons. The standard InChI is InChI=1S/C14H17FN2O2/c1-10(18)17(11-6-8-16-9-7-11)14(19)12-4-2-3-5-13(12)15/h2-5,11,16H,6-9H2,1H3. The molecule has 1 aromatic rings. The van der Waals surface area contributed by atoms with Crippen LogP contribution in [0.4, 0.5) is 4.39 Å². The number of nitrogens with zero attached hydrogens (tertiary/aromatic N) is 1. The summed E-state index contributed by atoms with van der Waals surface area (Å²) in [5, 5.41) is 3.18. The summed E-state index contributed by atoms with van der Waals surface area (Å²) in [6.07, 6.45) is 1.42. The molecule has 0 aliphatic carbocycles. The first-order valence-corrected chi connectivity index (χ1v) is 6.40. The Morgan fingerprint density at radius 3 is 2.47 bits per heavy atom. The Balaban J connectivity index is 2.26. The predicted octanol–water partition coefficient (Wildman–Crippen LogP) is 1.57. The second-order valence-electron chi connectivity index (χ2n) is 4.66. The number of rotatable bonds is 2. The van der Waals surface area contributed by atoms with Gasteiger partial charge >= 0.3 is 0 Å². The van der Waals surface area contributed by atoms with Crippen LogP contribution in [0.1, 0.15) is 30.1 Å². The lowest BCUT2D eigenvalue weighted by atomic mass is 10.0. The summed E-state index contributed by atoms with van der Waals surface area (Å²) in [7, 11) is 0. The molecule has 0 aromatic heterocycles. The molecule has 0 unspecified atom stereocenters. The molecule has 1 aliphatic heterocycles. The number of imide groups is 1. The molecule has 2 rings (SSSR count). The van der Waals surface area contributed by atoms with E-state index in [4.69, 9.17) is 0 Å². The summed E-state index contributed by atoms with van der Waals surface area (Å²) in [5.41, 5.74) is -0.0452. The lowest BCUT2D eigenvalue weighted by Gasteiger charge is -2.32. The van der Waals surface area contributed by atoms with Crippen molar-refractivity contribution in [2.24, 2.45) is 0 Å². The van der Waals surface area contributed by atoms with Gasteiger partial charge in [0.1, 0.15) is 5.82 Å². The van der Waals surface area contributed by atoms with Crippen LogP contribution in [0.3, 0.4) is 0 Å². The summed E-state index contributed by atoms with van der Waals surface area (Å²) < 4.78 is 13.7. The van der Waals surface area contributed by atoms with Crippen molar-refractivity contribution in [1.82, 2.24) is 10.2 Å². The average Bonchev–Trinajstić information content (AvgIpc) is 2.40. The van der Waals surface area contributed by atoms with Crippen molar-refractivity contribution < 1.29 is 14.0 Å². The van der Waals surface area contributed by atoms with Crippen molar-refractivity contribution in [3.05, 3.63) is 35.6 Å². The number of amides is 2. The van der Waals surface area contributed by atoms with Crippen LogP contribution >= 0.6 is 0 Å². The van der Waals surface area contributed by atoms with Gasteiger partial charge in [-0.05, 0) is 38.1 Å². The maximum Gasteiger partial charge on any atom is 0.263 e. The van der Waals surface area contributed by atoms with E-state index in [1.807, 2.05) is 0 Å². The highest BCUT2D eigenvalue weighted by Gasteiger charge is 2.30. The zero-order chi connectivity index (χ0) is 13.8. The van der Waals surface area contributed by atoms with Crippen molar-refractivity contribution in [1.29, 1.82) is 0 Å². The molecule has 1 heterocycles. The monoisotopic (exact) mass is 264 g/mol. The van der Waals surface area contributed by atoms with Crippen LogP contribution in [0.5, 0.6) is 0 Å². The van der Waals surface area contributed by atoms with Crippen LogP contribution in [0, 0.1) is 5.82 Å². The van der Waals surface area contributed by atoms with Crippen molar-refractivity contribution in [2.45, 2.75) is 25.8 Å².